The molecule has 126 valence electrons. The molecule has 1 N–H and O–H groups in total. The van der Waals surface area contributed by atoms with E-state index in [2.05, 4.69) is 50.4 Å². The zero-order valence-corrected chi connectivity index (χ0v) is 15.4. The number of hydrogen-bond acceptors (Lipinski definition) is 7. The Morgan fingerprint density at radius 2 is 1.88 bits per heavy atom. The van der Waals surface area contributed by atoms with Gasteiger partial charge < -0.3 is 5.32 Å². The molecule has 0 unspecified atom stereocenters. The number of rotatable bonds is 3. The molecule has 0 spiro atoms. The van der Waals surface area contributed by atoms with Crippen LogP contribution in [0.25, 0.3) is 20.4 Å². The molecule has 0 amide bonds. The summed E-state index contributed by atoms with van der Waals surface area (Å²) >= 11 is 1.58. The molecule has 4 aromatic rings. The molecule has 25 heavy (non-hydrogen) atoms. The lowest BCUT2D eigenvalue weighted by Gasteiger charge is -2.09. The van der Waals surface area contributed by atoms with Gasteiger partial charge in [0.15, 0.2) is 0 Å². The molecular formula is C18H18N6S. The average molecular weight is 350 g/mol. The first-order valence-electron chi connectivity index (χ1n) is 8.07. The number of aryl methyl sites for hydroxylation is 4. The minimum atomic E-state index is 0.670. The molecule has 0 atom stereocenters. The molecule has 0 fully saturated rings. The number of fused-ring (bicyclic) bond motifs is 3. The second kappa shape index (κ2) is 6.00. The van der Waals surface area contributed by atoms with Crippen molar-refractivity contribution < 1.29 is 0 Å². The molecule has 6 nitrogen and oxygen atoms in total. The molecule has 0 aliphatic heterocycles. The van der Waals surface area contributed by atoms with E-state index < -0.39 is 0 Å². The van der Waals surface area contributed by atoms with Crippen LogP contribution in [0.2, 0.25) is 0 Å². The van der Waals surface area contributed by atoms with Gasteiger partial charge in [0, 0.05) is 23.8 Å². The number of thiophene rings is 1. The predicted molar refractivity (Wildman–Crippen MR) is 101 cm³/mol. The highest BCUT2D eigenvalue weighted by molar-refractivity contribution is 7.25. The lowest BCUT2D eigenvalue weighted by Crippen LogP contribution is -2.04. The van der Waals surface area contributed by atoms with E-state index in [0.717, 1.165) is 48.8 Å². The Kier molecular flexibility index (Phi) is 3.80. The van der Waals surface area contributed by atoms with Crippen LogP contribution in [0.1, 0.15) is 28.1 Å². The molecule has 4 rings (SSSR count). The molecule has 0 aromatic carbocycles. The van der Waals surface area contributed by atoms with Gasteiger partial charge in [0.05, 0.1) is 15.9 Å². The van der Waals surface area contributed by atoms with Crippen LogP contribution in [-0.4, -0.2) is 25.1 Å². The maximum Gasteiger partial charge on any atom is 0.149 e. The fourth-order valence-electron chi connectivity index (χ4n) is 2.90. The van der Waals surface area contributed by atoms with E-state index in [-0.39, 0.29) is 0 Å². The number of pyridine rings is 1. The van der Waals surface area contributed by atoms with Crippen molar-refractivity contribution in [2.24, 2.45) is 0 Å². The van der Waals surface area contributed by atoms with Crippen molar-refractivity contribution in [1.29, 1.82) is 0 Å². The summed E-state index contributed by atoms with van der Waals surface area (Å²) in [6.07, 6.45) is 3.52. The van der Waals surface area contributed by atoms with Crippen molar-refractivity contribution in [3.63, 3.8) is 0 Å². The zero-order chi connectivity index (χ0) is 17.6. The van der Waals surface area contributed by atoms with Gasteiger partial charge >= 0.3 is 0 Å². The smallest absolute Gasteiger partial charge is 0.149 e. The summed E-state index contributed by atoms with van der Waals surface area (Å²) in [6.45, 7) is 8.81. The maximum atomic E-state index is 4.50. The molecule has 0 radical (unpaired) electrons. The highest BCUT2D eigenvalue weighted by atomic mass is 32.1. The van der Waals surface area contributed by atoms with E-state index in [1.165, 1.54) is 5.56 Å². The van der Waals surface area contributed by atoms with Crippen molar-refractivity contribution in [2.45, 2.75) is 34.2 Å². The number of nitrogens with one attached hydrogen (secondary N) is 1. The fourth-order valence-corrected chi connectivity index (χ4v) is 4.00. The first-order valence-corrected chi connectivity index (χ1v) is 8.89. The lowest BCUT2D eigenvalue weighted by molar-refractivity contribution is 1.01. The standard InChI is InChI=1S/C18H18N6S/c1-9-5-10(2)19-6-13(9)7-20-17-16-15(21-8-22-17)14-11(3)12(4)23-24-18(14)25-16/h5-6,8H,7H2,1-4H3,(H,20,21,22). The predicted octanol–water partition coefficient (Wildman–Crippen LogP) is 3.88. The van der Waals surface area contributed by atoms with Crippen LogP contribution in [0.3, 0.4) is 0 Å². The van der Waals surface area contributed by atoms with Gasteiger partial charge in [-0.2, -0.15) is 5.10 Å². The zero-order valence-electron chi connectivity index (χ0n) is 14.6. The first-order chi connectivity index (χ1) is 12.0. The summed E-state index contributed by atoms with van der Waals surface area (Å²) in [5.41, 5.74) is 6.40. The minimum Gasteiger partial charge on any atom is -0.365 e. The van der Waals surface area contributed by atoms with Gasteiger partial charge in [-0.3, -0.25) is 4.98 Å². The highest BCUT2D eigenvalue weighted by Crippen LogP contribution is 2.36. The van der Waals surface area contributed by atoms with E-state index in [1.807, 2.05) is 20.0 Å². The minimum absolute atomic E-state index is 0.670. The largest absolute Gasteiger partial charge is 0.365 e. The summed E-state index contributed by atoms with van der Waals surface area (Å²) in [7, 11) is 0. The Hall–Kier alpha value is -2.67. The second-order valence-electron chi connectivity index (χ2n) is 6.20. The summed E-state index contributed by atoms with van der Waals surface area (Å²) in [4.78, 5) is 14.2. The number of nitrogens with zero attached hydrogens (tertiary/aromatic N) is 5. The van der Waals surface area contributed by atoms with Gasteiger partial charge in [-0.05, 0) is 50.5 Å². The van der Waals surface area contributed by atoms with E-state index in [9.17, 15) is 0 Å². The van der Waals surface area contributed by atoms with Crippen molar-refractivity contribution in [3.8, 4) is 0 Å². The molecule has 0 saturated carbocycles. The maximum absolute atomic E-state index is 4.50. The number of anilines is 1. The van der Waals surface area contributed by atoms with Gasteiger partial charge in [0.1, 0.15) is 17.0 Å². The lowest BCUT2D eigenvalue weighted by atomic mass is 10.1. The molecule has 7 heteroatoms. The van der Waals surface area contributed by atoms with E-state index in [0.29, 0.717) is 6.54 Å². The second-order valence-corrected chi connectivity index (χ2v) is 7.20. The first kappa shape index (κ1) is 15.8. The molecule has 0 saturated heterocycles. The molecule has 4 heterocycles. The van der Waals surface area contributed by atoms with Gasteiger partial charge in [0.25, 0.3) is 0 Å². The van der Waals surface area contributed by atoms with E-state index in [1.54, 1.807) is 17.7 Å². The topological polar surface area (TPSA) is 76.5 Å². The van der Waals surface area contributed by atoms with Crippen LogP contribution < -0.4 is 5.32 Å². The third kappa shape index (κ3) is 2.70. The molecular weight excluding hydrogens is 332 g/mol. The van der Waals surface area contributed by atoms with Crippen molar-refractivity contribution in [1.82, 2.24) is 25.1 Å². The summed E-state index contributed by atoms with van der Waals surface area (Å²) in [6, 6.07) is 2.09. The Balaban J connectivity index is 1.76. The quantitative estimate of drug-likeness (QED) is 0.604. The van der Waals surface area contributed by atoms with Crippen molar-refractivity contribution in [3.05, 3.63) is 46.7 Å². The van der Waals surface area contributed by atoms with E-state index >= 15 is 0 Å². The third-order valence-electron chi connectivity index (χ3n) is 4.46. The summed E-state index contributed by atoms with van der Waals surface area (Å²) in [5, 5.41) is 13.1. The van der Waals surface area contributed by atoms with Crippen LogP contribution >= 0.6 is 11.3 Å². The van der Waals surface area contributed by atoms with Gasteiger partial charge in [-0.25, -0.2) is 9.97 Å². The third-order valence-corrected chi connectivity index (χ3v) is 5.53. The molecule has 4 aromatic heterocycles. The van der Waals surface area contributed by atoms with Gasteiger partial charge in [-0.15, -0.1) is 16.4 Å². The van der Waals surface area contributed by atoms with Gasteiger partial charge in [-0.1, -0.05) is 0 Å². The van der Waals surface area contributed by atoms with Crippen LogP contribution in [0.5, 0.6) is 0 Å². The Morgan fingerprint density at radius 3 is 2.68 bits per heavy atom. The monoisotopic (exact) mass is 350 g/mol. The summed E-state index contributed by atoms with van der Waals surface area (Å²) in [5.74, 6) is 0.824. The van der Waals surface area contributed by atoms with Crippen LogP contribution in [0.15, 0.2) is 18.6 Å². The normalized spacial score (nSPS) is 11.4. The van der Waals surface area contributed by atoms with Crippen molar-refractivity contribution in [2.75, 3.05) is 5.32 Å². The number of hydrogen-bond donors (Lipinski definition) is 1. The molecule has 0 bridgehead atoms. The van der Waals surface area contributed by atoms with Crippen LogP contribution in [0, 0.1) is 27.7 Å². The van der Waals surface area contributed by atoms with E-state index in [4.69, 9.17) is 0 Å². The molecule has 0 aliphatic rings. The SMILES string of the molecule is Cc1cc(C)c(CNc2ncnc3c2sc2nnc(C)c(C)c23)cn1. The Bertz CT molecular complexity index is 1100. The number of aromatic nitrogens is 5. The van der Waals surface area contributed by atoms with Gasteiger partial charge in [0.2, 0.25) is 0 Å². The molecule has 0 aliphatic carbocycles. The Labute approximate surface area is 149 Å². The van der Waals surface area contributed by atoms with Crippen LogP contribution in [-0.2, 0) is 6.54 Å². The van der Waals surface area contributed by atoms with Crippen molar-refractivity contribution >= 4 is 37.6 Å². The highest BCUT2D eigenvalue weighted by Gasteiger charge is 2.15. The Morgan fingerprint density at radius 1 is 1.04 bits per heavy atom. The average Bonchev–Trinajstić information content (AvgIpc) is 2.97. The van der Waals surface area contributed by atoms with Crippen LogP contribution in [0.4, 0.5) is 5.82 Å². The fraction of sp³-hybridized carbons (Fsp3) is 0.278. The summed E-state index contributed by atoms with van der Waals surface area (Å²) < 4.78 is 1.01.